The van der Waals surface area contributed by atoms with Gasteiger partial charge < -0.3 is 0 Å². The van der Waals surface area contributed by atoms with E-state index < -0.39 is 5.60 Å². The van der Waals surface area contributed by atoms with E-state index in [-0.39, 0.29) is 20.7 Å². The molecular formula is C17H24N4O2Se. The number of hydrogen-bond acceptors (Lipinski definition) is 5. The molecule has 2 aliphatic rings. The van der Waals surface area contributed by atoms with Crippen molar-refractivity contribution in [2.45, 2.75) is 39.2 Å². The van der Waals surface area contributed by atoms with E-state index in [4.69, 9.17) is 4.74 Å². The Morgan fingerprint density at radius 3 is 2.79 bits per heavy atom. The molecule has 0 saturated carbocycles. The van der Waals surface area contributed by atoms with Crippen molar-refractivity contribution < 1.29 is 9.53 Å². The van der Waals surface area contributed by atoms with Crippen LogP contribution in [-0.4, -0.2) is 50.8 Å². The van der Waals surface area contributed by atoms with Crippen LogP contribution in [0.5, 0.6) is 0 Å². The predicted molar refractivity (Wildman–Crippen MR) is 95.4 cm³/mol. The van der Waals surface area contributed by atoms with Crippen LogP contribution >= 0.6 is 0 Å². The number of anilines is 1. The van der Waals surface area contributed by atoms with Crippen LogP contribution < -0.4 is 5.32 Å². The van der Waals surface area contributed by atoms with E-state index in [9.17, 15) is 4.79 Å². The summed E-state index contributed by atoms with van der Waals surface area (Å²) in [5.74, 6) is 0.559. The maximum absolute atomic E-state index is 12.1. The zero-order chi connectivity index (χ0) is 17.2. The summed E-state index contributed by atoms with van der Waals surface area (Å²) >= 11 is -0.00112. The Kier molecular flexibility index (Phi) is 5.11. The molecule has 1 aromatic rings. The summed E-state index contributed by atoms with van der Waals surface area (Å²) in [5.41, 5.74) is 2.65. The number of hydrogen-bond donors (Lipinski definition) is 1. The number of benzene rings is 1. The summed E-state index contributed by atoms with van der Waals surface area (Å²) in [6, 6.07) is 6.10. The van der Waals surface area contributed by atoms with E-state index in [1.165, 1.54) is 0 Å². The molecule has 0 unspecified atom stereocenters. The molecule has 24 heavy (non-hydrogen) atoms. The van der Waals surface area contributed by atoms with Gasteiger partial charge in [0, 0.05) is 0 Å². The monoisotopic (exact) mass is 396 g/mol. The Morgan fingerprint density at radius 2 is 2.08 bits per heavy atom. The molecule has 7 heteroatoms. The van der Waals surface area contributed by atoms with Gasteiger partial charge in [0.2, 0.25) is 0 Å². The molecule has 0 atom stereocenters. The molecule has 0 aromatic heterocycles. The summed E-state index contributed by atoms with van der Waals surface area (Å²) in [6.45, 7) is 8.13. The van der Waals surface area contributed by atoms with E-state index >= 15 is 0 Å². The summed E-state index contributed by atoms with van der Waals surface area (Å²) in [5, 5.41) is 3.52. The second kappa shape index (κ2) is 7.11. The van der Waals surface area contributed by atoms with Gasteiger partial charge in [0.05, 0.1) is 0 Å². The van der Waals surface area contributed by atoms with Crippen LogP contribution in [0, 0.1) is 5.92 Å². The molecule has 0 bridgehead atoms. The molecule has 1 aromatic carbocycles. The van der Waals surface area contributed by atoms with E-state index in [2.05, 4.69) is 19.3 Å². The summed E-state index contributed by atoms with van der Waals surface area (Å²) < 4.78 is 14.3. The zero-order valence-electron chi connectivity index (χ0n) is 14.4. The van der Waals surface area contributed by atoms with Gasteiger partial charge in [0.25, 0.3) is 0 Å². The number of fused-ring (bicyclic) bond motifs is 1. The van der Waals surface area contributed by atoms with E-state index in [0.717, 1.165) is 49.5 Å². The maximum atomic E-state index is 12.1. The zero-order valence-corrected chi connectivity index (χ0v) is 16.1. The molecule has 2 heterocycles. The molecule has 3 rings (SSSR count). The first kappa shape index (κ1) is 17.2. The fourth-order valence-corrected chi connectivity index (χ4v) is 4.00. The molecule has 0 spiro atoms. The molecule has 130 valence electrons. The van der Waals surface area contributed by atoms with Crippen LogP contribution in [0.25, 0.3) is 0 Å². The number of carbonyl (C=O) groups is 1. The molecule has 6 nitrogen and oxygen atoms in total. The van der Waals surface area contributed by atoms with Crippen molar-refractivity contribution in [2.24, 2.45) is 13.8 Å². The van der Waals surface area contributed by atoms with Gasteiger partial charge in [-0.1, -0.05) is 0 Å². The van der Waals surface area contributed by atoms with Crippen molar-refractivity contribution in [3.05, 3.63) is 18.2 Å². The minimum atomic E-state index is -0.431. The minimum absolute atomic E-state index is 0.00112. The molecule has 2 aliphatic heterocycles. The quantitative estimate of drug-likeness (QED) is 0.796. The van der Waals surface area contributed by atoms with Gasteiger partial charge in [-0.2, -0.15) is 0 Å². The van der Waals surface area contributed by atoms with Gasteiger partial charge in [0.15, 0.2) is 0 Å². The van der Waals surface area contributed by atoms with Crippen LogP contribution in [0.4, 0.5) is 21.9 Å². The summed E-state index contributed by atoms with van der Waals surface area (Å²) in [4.78, 5) is 13.9. The Balaban J connectivity index is 1.48. The number of likely N-dealkylation sites (tertiary alicyclic amines) is 1. The van der Waals surface area contributed by atoms with Crippen molar-refractivity contribution in [3.8, 4) is 0 Å². The number of rotatable bonds is 3. The molecule has 0 aliphatic carbocycles. The van der Waals surface area contributed by atoms with Crippen LogP contribution in [0.15, 0.2) is 26.1 Å². The number of piperidine rings is 1. The average molecular weight is 395 g/mol. The Hall–Kier alpha value is -1.59. The first-order valence-electron chi connectivity index (χ1n) is 8.35. The Morgan fingerprint density at radius 1 is 1.33 bits per heavy atom. The van der Waals surface area contributed by atoms with Gasteiger partial charge in [0.1, 0.15) is 0 Å². The predicted octanol–water partition coefficient (Wildman–Crippen LogP) is 4.09. The topological polar surface area (TPSA) is 66.3 Å². The third kappa shape index (κ3) is 4.27. The molecule has 0 radical (unpaired) electrons. The van der Waals surface area contributed by atoms with Crippen molar-refractivity contribution in [2.75, 3.05) is 25.0 Å². The van der Waals surface area contributed by atoms with Crippen LogP contribution in [-0.2, 0) is 4.74 Å². The van der Waals surface area contributed by atoms with Crippen LogP contribution in [0.2, 0.25) is 0 Å². The number of nitrogens with one attached hydrogen (secondary N) is 1. The van der Waals surface area contributed by atoms with Gasteiger partial charge in [-0.05, 0) is 20.8 Å². The van der Waals surface area contributed by atoms with Crippen LogP contribution in [0.1, 0.15) is 33.6 Å². The van der Waals surface area contributed by atoms with Crippen molar-refractivity contribution in [1.29, 1.82) is 0 Å². The molecule has 1 amide bonds. The first-order chi connectivity index (χ1) is 11.4. The summed E-state index contributed by atoms with van der Waals surface area (Å²) in [7, 11) is 0. The fourth-order valence-electron chi connectivity index (χ4n) is 2.85. The molecule has 1 saturated heterocycles. The average Bonchev–Trinajstić information content (AvgIpc) is 3.01. The Bertz CT molecular complexity index is 684. The standard InChI is InChI=1S/C17H24N4O2Se/c1-17(2,3)23-16(22)21-9-7-12(8-10-21)11-18-13-5-4-6-14-15(13)20-24-19-14/h4-6,12,18H,7-11H2,1-3H3. The van der Waals surface area contributed by atoms with Gasteiger partial charge >= 0.3 is 128 Å². The third-order valence-electron chi connectivity index (χ3n) is 4.13. The van der Waals surface area contributed by atoms with Crippen molar-refractivity contribution in [3.63, 3.8) is 0 Å². The third-order valence-corrected chi connectivity index (χ3v) is 5.27. The Labute approximate surface area is 148 Å². The fraction of sp³-hybridized carbons (Fsp3) is 0.588. The number of ether oxygens (including phenoxy) is 1. The van der Waals surface area contributed by atoms with E-state index in [1.807, 2.05) is 37.8 Å². The second-order valence-corrected chi connectivity index (χ2v) is 8.34. The van der Waals surface area contributed by atoms with Crippen molar-refractivity contribution in [1.82, 2.24) is 4.90 Å². The molecule has 1 N–H and O–H groups in total. The second-order valence-electron chi connectivity index (χ2n) is 7.23. The number of nitrogens with zero attached hydrogens (tertiary/aromatic N) is 3. The number of amides is 1. The van der Waals surface area contributed by atoms with Crippen LogP contribution in [0.3, 0.4) is 0 Å². The van der Waals surface area contributed by atoms with E-state index in [1.54, 1.807) is 0 Å². The van der Waals surface area contributed by atoms with Gasteiger partial charge in [-0.3, -0.25) is 0 Å². The molecular weight excluding hydrogens is 371 g/mol. The van der Waals surface area contributed by atoms with Gasteiger partial charge in [-0.25, -0.2) is 0 Å². The molecule has 1 fully saturated rings. The van der Waals surface area contributed by atoms with E-state index in [0.29, 0.717) is 5.92 Å². The SMILES string of the molecule is CC(C)(C)OC(=O)N1CCC(CNc2cccc3c2N=[Se]=N3)CC1. The summed E-state index contributed by atoms with van der Waals surface area (Å²) in [6.07, 6.45) is 1.79. The first-order valence-corrected chi connectivity index (χ1v) is 9.89. The van der Waals surface area contributed by atoms with Crippen molar-refractivity contribution >= 4 is 37.7 Å². The number of carbonyl (C=O) groups excluding carboxylic acids is 1. The van der Waals surface area contributed by atoms with Gasteiger partial charge in [-0.15, -0.1) is 0 Å². The normalized spacial score (nSPS) is 17.4.